The van der Waals surface area contributed by atoms with Crippen molar-refractivity contribution in [2.75, 3.05) is 6.61 Å². The first kappa shape index (κ1) is 18.6. The van der Waals surface area contributed by atoms with E-state index in [1.807, 2.05) is 38.1 Å². The van der Waals surface area contributed by atoms with Crippen molar-refractivity contribution in [3.05, 3.63) is 53.7 Å². The number of aryl methyl sites for hydroxylation is 1. The first-order valence-electron chi connectivity index (χ1n) is 8.47. The second-order valence-corrected chi connectivity index (χ2v) is 5.83. The molecule has 1 aromatic heterocycles. The summed E-state index contributed by atoms with van der Waals surface area (Å²) in [6.07, 6.45) is 3.31. The third-order valence-corrected chi connectivity index (χ3v) is 3.75. The van der Waals surface area contributed by atoms with E-state index in [-0.39, 0.29) is 17.8 Å². The molecule has 0 spiro atoms. The Labute approximate surface area is 148 Å². The van der Waals surface area contributed by atoms with Gasteiger partial charge in [-0.15, -0.1) is 0 Å². The van der Waals surface area contributed by atoms with Gasteiger partial charge in [0.05, 0.1) is 6.61 Å². The number of hydrogen-bond donors (Lipinski definition) is 3. The molecule has 1 atom stereocenters. The third-order valence-electron chi connectivity index (χ3n) is 3.75. The molecule has 0 bridgehead atoms. The first-order chi connectivity index (χ1) is 12.1. The highest BCUT2D eigenvalue weighted by Crippen LogP contribution is 2.14. The lowest BCUT2D eigenvalue weighted by Crippen LogP contribution is -2.40. The Morgan fingerprint density at radius 2 is 2.04 bits per heavy atom. The normalized spacial score (nSPS) is 11.6. The van der Waals surface area contributed by atoms with Crippen LogP contribution in [0.4, 0.5) is 4.79 Å². The highest BCUT2D eigenvalue weighted by atomic mass is 16.5. The van der Waals surface area contributed by atoms with Gasteiger partial charge in [0.1, 0.15) is 5.75 Å². The zero-order chi connectivity index (χ0) is 18.1. The fourth-order valence-corrected chi connectivity index (χ4v) is 2.39. The Balaban J connectivity index is 1.75. The van der Waals surface area contributed by atoms with E-state index in [1.54, 1.807) is 18.3 Å². The number of phenolic OH excluding ortho intramolecular Hbond substituents is 1. The standard InChI is InChI=1S/C19H25N3O3/c1-3-25-18-16(5-4-12-20-18)13-21-19(24)22-14(2)6-7-15-8-10-17(23)11-9-15/h4-5,8-12,14,23H,3,6-7,13H2,1-2H3,(H2,21,22,24). The summed E-state index contributed by atoms with van der Waals surface area (Å²) in [7, 11) is 0. The average Bonchev–Trinajstić information content (AvgIpc) is 2.61. The van der Waals surface area contributed by atoms with Gasteiger partial charge >= 0.3 is 6.03 Å². The van der Waals surface area contributed by atoms with Crippen LogP contribution in [0, 0.1) is 0 Å². The lowest BCUT2D eigenvalue weighted by Gasteiger charge is -2.15. The average molecular weight is 343 g/mol. The lowest BCUT2D eigenvalue weighted by atomic mass is 10.1. The molecule has 3 N–H and O–H groups in total. The van der Waals surface area contributed by atoms with E-state index in [9.17, 15) is 9.90 Å². The number of aromatic nitrogens is 1. The van der Waals surface area contributed by atoms with E-state index in [0.29, 0.717) is 19.0 Å². The van der Waals surface area contributed by atoms with Crippen LogP contribution in [0.5, 0.6) is 11.6 Å². The van der Waals surface area contributed by atoms with Gasteiger partial charge in [0.25, 0.3) is 0 Å². The Kier molecular flexibility index (Phi) is 7.07. The molecule has 0 fully saturated rings. The number of phenols is 1. The maximum Gasteiger partial charge on any atom is 0.315 e. The number of benzene rings is 1. The van der Waals surface area contributed by atoms with Crippen molar-refractivity contribution in [1.29, 1.82) is 0 Å². The predicted molar refractivity (Wildman–Crippen MR) is 96.7 cm³/mol. The summed E-state index contributed by atoms with van der Waals surface area (Å²) in [5, 5.41) is 15.0. The van der Waals surface area contributed by atoms with Crippen LogP contribution >= 0.6 is 0 Å². The van der Waals surface area contributed by atoms with Crippen molar-refractivity contribution in [1.82, 2.24) is 15.6 Å². The lowest BCUT2D eigenvalue weighted by molar-refractivity contribution is 0.236. The molecule has 0 aliphatic rings. The monoisotopic (exact) mass is 343 g/mol. The zero-order valence-electron chi connectivity index (χ0n) is 14.7. The minimum Gasteiger partial charge on any atom is -0.508 e. The molecule has 0 aliphatic carbocycles. The van der Waals surface area contributed by atoms with E-state index < -0.39 is 0 Å². The Morgan fingerprint density at radius 3 is 2.76 bits per heavy atom. The number of nitrogens with zero attached hydrogens (tertiary/aromatic N) is 1. The molecule has 1 aromatic carbocycles. The summed E-state index contributed by atoms with van der Waals surface area (Å²) in [5.74, 6) is 0.807. The summed E-state index contributed by atoms with van der Waals surface area (Å²) < 4.78 is 5.45. The maximum absolute atomic E-state index is 12.0. The number of ether oxygens (including phenoxy) is 1. The number of rotatable bonds is 8. The van der Waals surface area contributed by atoms with Crippen LogP contribution in [0.2, 0.25) is 0 Å². The second-order valence-electron chi connectivity index (χ2n) is 5.83. The van der Waals surface area contributed by atoms with Crippen LogP contribution in [-0.4, -0.2) is 28.8 Å². The second kappa shape index (κ2) is 9.52. The number of hydrogen-bond acceptors (Lipinski definition) is 4. The van der Waals surface area contributed by atoms with E-state index >= 15 is 0 Å². The first-order valence-corrected chi connectivity index (χ1v) is 8.47. The van der Waals surface area contributed by atoms with E-state index in [2.05, 4.69) is 15.6 Å². The zero-order valence-corrected chi connectivity index (χ0v) is 14.7. The molecule has 1 heterocycles. The highest BCUT2D eigenvalue weighted by molar-refractivity contribution is 5.74. The van der Waals surface area contributed by atoms with Crippen LogP contribution in [0.3, 0.4) is 0 Å². The maximum atomic E-state index is 12.0. The van der Waals surface area contributed by atoms with E-state index in [0.717, 1.165) is 24.0 Å². The fraction of sp³-hybridized carbons (Fsp3) is 0.368. The number of pyridine rings is 1. The van der Waals surface area contributed by atoms with Crippen LogP contribution in [0.25, 0.3) is 0 Å². The Bertz CT molecular complexity index is 674. The summed E-state index contributed by atoms with van der Waals surface area (Å²) in [4.78, 5) is 16.2. The number of carbonyl (C=O) groups is 1. The smallest absolute Gasteiger partial charge is 0.315 e. The molecule has 2 rings (SSSR count). The third kappa shape index (κ3) is 6.33. The number of aromatic hydroxyl groups is 1. The van der Waals surface area contributed by atoms with E-state index in [1.165, 1.54) is 0 Å². The van der Waals surface area contributed by atoms with Crippen molar-refractivity contribution in [2.45, 2.75) is 39.3 Å². The summed E-state index contributed by atoms with van der Waals surface area (Å²) >= 11 is 0. The number of urea groups is 1. The van der Waals surface area contributed by atoms with Crippen LogP contribution < -0.4 is 15.4 Å². The Hall–Kier alpha value is -2.76. The van der Waals surface area contributed by atoms with Gasteiger partial charge in [-0.1, -0.05) is 18.2 Å². The molecule has 6 heteroatoms. The van der Waals surface area contributed by atoms with Crippen molar-refractivity contribution < 1.29 is 14.6 Å². The molecule has 0 aliphatic heterocycles. The predicted octanol–water partition coefficient (Wildman–Crippen LogP) is 3.01. The molecular weight excluding hydrogens is 318 g/mol. The van der Waals surface area contributed by atoms with Crippen LogP contribution in [0.15, 0.2) is 42.6 Å². The topological polar surface area (TPSA) is 83.5 Å². The van der Waals surface area contributed by atoms with Crippen molar-refractivity contribution in [3.8, 4) is 11.6 Å². The Morgan fingerprint density at radius 1 is 1.28 bits per heavy atom. The molecule has 2 aromatic rings. The number of carbonyl (C=O) groups excluding carboxylic acids is 1. The number of amides is 2. The van der Waals surface area contributed by atoms with E-state index in [4.69, 9.17) is 4.74 Å². The molecule has 6 nitrogen and oxygen atoms in total. The van der Waals surface area contributed by atoms with Gasteiger partial charge in [-0.3, -0.25) is 0 Å². The highest BCUT2D eigenvalue weighted by Gasteiger charge is 2.09. The molecule has 0 saturated carbocycles. The molecule has 0 saturated heterocycles. The van der Waals surface area contributed by atoms with Gasteiger partial charge < -0.3 is 20.5 Å². The molecule has 134 valence electrons. The molecule has 25 heavy (non-hydrogen) atoms. The van der Waals surface area contributed by atoms with Gasteiger partial charge in [0.2, 0.25) is 5.88 Å². The summed E-state index contributed by atoms with van der Waals surface area (Å²) in [5.41, 5.74) is 1.97. The van der Waals surface area contributed by atoms with Gasteiger partial charge in [0.15, 0.2) is 0 Å². The van der Waals surface area contributed by atoms with Gasteiger partial charge in [-0.05, 0) is 50.5 Å². The molecule has 0 radical (unpaired) electrons. The molecule has 1 unspecified atom stereocenters. The summed E-state index contributed by atoms with van der Waals surface area (Å²) in [6, 6.07) is 10.6. The van der Waals surface area contributed by atoms with Crippen molar-refractivity contribution in [3.63, 3.8) is 0 Å². The van der Waals surface area contributed by atoms with Gasteiger partial charge in [-0.25, -0.2) is 9.78 Å². The molecular formula is C19H25N3O3. The molecule has 2 amide bonds. The van der Waals surface area contributed by atoms with Crippen LogP contribution in [-0.2, 0) is 13.0 Å². The SMILES string of the molecule is CCOc1ncccc1CNC(=O)NC(C)CCc1ccc(O)cc1. The minimum atomic E-state index is -0.218. The quantitative estimate of drug-likeness (QED) is 0.688. The fourth-order valence-electron chi connectivity index (χ4n) is 2.39. The number of nitrogens with one attached hydrogen (secondary N) is 2. The van der Waals surface area contributed by atoms with Crippen molar-refractivity contribution in [2.24, 2.45) is 0 Å². The van der Waals surface area contributed by atoms with Gasteiger partial charge in [-0.2, -0.15) is 0 Å². The largest absolute Gasteiger partial charge is 0.508 e. The van der Waals surface area contributed by atoms with Crippen molar-refractivity contribution >= 4 is 6.03 Å². The van der Waals surface area contributed by atoms with Gasteiger partial charge in [0, 0.05) is 24.3 Å². The summed E-state index contributed by atoms with van der Waals surface area (Å²) in [6.45, 7) is 4.76. The van der Waals surface area contributed by atoms with Crippen LogP contribution in [0.1, 0.15) is 31.4 Å². The minimum absolute atomic E-state index is 0.0362.